The van der Waals surface area contributed by atoms with Crippen molar-refractivity contribution in [3.8, 4) is 0 Å². The molecule has 1 fully saturated rings. The molecule has 1 aromatic carbocycles. The number of H-pyrrole nitrogens is 1. The Morgan fingerprint density at radius 2 is 1.97 bits per heavy atom. The number of nitrogens with one attached hydrogen (secondary N) is 3. The number of ether oxygens (including phenoxy) is 1. The van der Waals surface area contributed by atoms with Gasteiger partial charge in [-0.2, -0.15) is 0 Å². The second-order valence-electron chi connectivity index (χ2n) is 8.95. The van der Waals surface area contributed by atoms with Crippen LogP contribution in [0.3, 0.4) is 0 Å². The van der Waals surface area contributed by atoms with Gasteiger partial charge in [0.1, 0.15) is 18.7 Å². The molecule has 0 saturated carbocycles. The van der Waals surface area contributed by atoms with Crippen LogP contribution >= 0.6 is 0 Å². The summed E-state index contributed by atoms with van der Waals surface area (Å²) in [6.45, 7) is 5.93. The van der Waals surface area contributed by atoms with Crippen LogP contribution in [0.25, 0.3) is 0 Å². The summed E-state index contributed by atoms with van der Waals surface area (Å²) in [5, 5.41) is 5.64. The van der Waals surface area contributed by atoms with Crippen LogP contribution in [0.15, 0.2) is 48.8 Å². The smallest absolute Gasteiger partial charge is 0.253 e. The number of carbonyl (C=O) groups is 3. The molecule has 0 spiro atoms. The minimum Gasteiger partial charge on any atom is -0.368 e. The van der Waals surface area contributed by atoms with E-state index >= 15 is 0 Å². The van der Waals surface area contributed by atoms with Crippen molar-refractivity contribution < 1.29 is 19.1 Å². The summed E-state index contributed by atoms with van der Waals surface area (Å²) in [6, 6.07) is 10.4. The van der Waals surface area contributed by atoms with Crippen LogP contribution in [0.4, 0.5) is 0 Å². The largest absolute Gasteiger partial charge is 0.368 e. The van der Waals surface area contributed by atoms with Crippen LogP contribution in [0.1, 0.15) is 49.5 Å². The third-order valence-electron chi connectivity index (χ3n) is 5.77. The van der Waals surface area contributed by atoms with Crippen LogP contribution < -0.4 is 10.6 Å². The van der Waals surface area contributed by atoms with E-state index < -0.39 is 12.1 Å². The molecule has 0 bridgehead atoms. The van der Waals surface area contributed by atoms with Crippen molar-refractivity contribution in [3.63, 3.8) is 0 Å². The lowest BCUT2D eigenvalue weighted by Crippen LogP contribution is -2.54. The molecule has 1 aliphatic rings. The van der Waals surface area contributed by atoms with Crippen molar-refractivity contribution in [2.24, 2.45) is 5.41 Å². The summed E-state index contributed by atoms with van der Waals surface area (Å²) in [6.07, 6.45) is 5.02. The van der Waals surface area contributed by atoms with E-state index in [2.05, 4.69) is 41.6 Å². The zero-order valence-corrected chi connectivity index (χ0v) is 18.3. The Balaban J connectivity index is 1.70. The van der Waals surface area contributed by atoms with Crippen molar-refractivity contribution in [1.82, 2.24) is 15.6 Å². The lowest BCUT2D eigenvalue weighted by atomic mass is 9.80. The number of aromatic amines is 1. The quantitative estimate of drug-likeness (QED) is 0.575. The Labute approximate surface area is 182 Å². The molecule has 31 heavy (non-hydrogen) atoms. The molecule has 7 heteroatoms. The van der Waals surface area contributed by atoms with E-state index in [0.29, 0.717) is 12.0 Å². The number of benzene rings is 1. The van der Waals surface area contributed by atoms with Crippen LogP contribution in [0.5, 0.6) is 0 Å². The third kappa shape index (κ3) is 6.28. The maximum atomic E-state index is 13.1. The van der Waals surface area contributed by atoms with E-state index in [-0.39, 0.29) is 35.7 Å². The van der Waals surface area contributed by atoms with Crippen LogP contribution in [-0.2, 0) is 20.7 Å². The molecular weight excluding hydrogens is 394 g/mol. The fourth-order valence-corrected chi connectivity index (χ4v) is 3.81. The Morgan fingerprint density at radius 1 is 1.23 bits per heavy atom. The molecule has 1 unspecified atom stereocenters. The monoisotopic (exact) mass is 425 g/mol. The second kappa shape index (κ2) is 9.92. The van der Waals surface area contributed by atoms with Crippen LogP contribution in [0.2, 0.25) is 0 Å². The fourth-order valence-electron chi connectivity index (χ4n) is 3.81. The van der Waals surface area contributed by atoms with E-state index in [4.69, 9.17) is 4.74 Å². The van der Waals surface area contributed by atoms with Gasteiger partial charge in [0.05, 0.1) is 11.7 Å². The van der Waals surface area contributed by atoms with Gasteiger partial charge in [-0.1, -0.05) is 44.2 Å². The predicted molar refractivity (Wildman–Crippen MR) is 118 cm³/mol. The molecule has 2 amide bonds. The van der Waals surface area contributed by atoms with Crippen molar-refractivity contribution in [3.05, 3.63) is 59.9 Å². The van der Waals surface area contributed by atoms with Gasteiger partial charge in [0.25, 0.3) is 5.91 Å². The standard InChI is InChI=1S/C24H31N3O4/c1-16-21(20(28)15-31-16)27-23(30)19(26-22(29)18-10-12-25-14-18)13-24(2,3)11-9-17-7-5-4-6-8-17/h4-8,10,12,14,16,19,21,25H,9,11,13,15H2,1-3H3,(H,26,29)(H,27,30)/t16-,19?,21-/m0/s1. The summed E-state index contributed by atoms with van der Waals surface area (Å²) in [5.41, 5.74) is 1.47. The first-order valence-electron chi connectivity index (χ1n) is 10.7. The molecule has 166 valence electrons. The molecule has 1 aliphatic heterocycles. The second-order valence-corrected chi connectivity index (χ2v) is 8.95. The Hall–Kier alpha value is -2.93. The van der Waals surface area contributed by atoms with E-state index in [0.717, 1.165) is 12.8 Å². The molecule has 3 N–H and O–H groups in total. The van der Waals surface area contributed by atoms with Gasteiger partial charge in [0.2, 0.25) is 5.91 Å². The third-order valence-corrected chi connectivity index (χ3v) is 5.77. The lowest BCUT2D eigenvalue weighted by molar-refractivity contribution is -0.128. The number of hydrogen-bond donors (Lipinski definition) is 3. The normalized spacial score (nSPS) is 19.8. The molecule has 2 aromatic rings. The van der Waals surface area contributed by atoms with Gasteiger partial charge in [-0.15, -0.1) is 0 Å². The van der Waals surface area contributed by atoms with Gasteiger partial charge >= 0.3 is 0 Å². The topological polar surface area (TPSA) is 100 Å². The number of amides is 2. The molecule has 2 heterocycles. The van der Waals surface area contributed by atoms with Gasteiger partial charge in [-0.25, -0.2) is 0 Å². The molecule has 0 radical (unpaired) electrons. The van der Waals surface area contributed by atoms with E-state index in [9.17, 15) is 14.4 Å². The Kier molecular flexibility index (Phi) is 7.28. The van der Waals surface area contributed by atoms with Gasteiger partial charge in [0.15, 0.2) is 5.78 Å². The minimum absolute atomic E-state index is 0.00490. The molecule has 1 saturated heterocycles. The van der Waals surface area contributed by atoms with Crippen molar-refractivity contribution in [2.45, 2.75) is 58.2 Å². The molecule has 0 aliphatic carbocycles. The zero-order valence-electron chi connectivity index (χ0n) is 18.3. The van der Waals surface area contributed by atoms with E-state index in [1.54, 1.807) is 25.4 Å². The van der Waals surface area contributed by atoms with Gasteiger partial charge in [-0.05, 0) is 43.2 Å². The SMILES string of the molecule is C[C@@H]1OCC(=O)[C@H]1NC(=O)C(CC(C)(C)CCc1ccccc1)NC(=O)c1cc[nH]c1. The maximum absolute atomic E-state index is 13.1. The highest BCUT2D eigenvalue weighted by atomic mass is 16.5. The van der Waals surface area contributed by atoms with Crippen LogP contribution in [0, 0.1) is 5.41 Å². The molecule has 3 rings (SSSR count). The van der Waals surface area contributed by atoms with Crippen molar-refractivity contribution >= 4 is 17.6 Å². The molecule has 7 nitrogen and oxygen atoms in total. The summed E-state index contributed by atoms with van der Waals surface area (Å²) >= 11 is 0. The average Bonchev–Trinajstić information content (AvgIpc) is 3.39. The van der Waals surface area contributed by atoms with E-state index in [1.165, 1.54) is 5.56 Å². The highest BCUT2D eigenvalue weighted by Gasteiger charge is 2.37. The number of aryl methyl sites for hydroxylation is 1. The molecular formula is C24H31N3O4. The Morgan fingerprint density at radius 3 is 2.58 bits per heavy atom. The highest BCUT2D eigenvalue weighted by molar-refractivity contribution is 5.98. The highest BCUT2D eigenvalue weighted by Crippen LogP contribution is 2.29. The number of aromatic nitrogens is 1. The number of Topliss-reactive ketones (excluding diaryl/α,β-unsaturated/α-hetero) is 1. The Bertz CT molecular complexity index is 893. The fraction of sp³-hybridized carbons (Fsp3) is 0.458. The first-order valence-corrected chi connectivity index (χ1v) is 10.7. The van der Waals surface area contributed by atoms with Gasteiger partial charge in [0, 0.05) is 12.4 Å². The average molecular weight is 426 g/mol. The summed E-state index contributed by atoms with van der Waals surface area (Å²) < 4.78 is 5.33. The number of carbonyl (C=O) groups excluding carboxylic acids is 3. The summed E-state index contributed by atoms with van der Waals surface area (Å²) in [5.74, 6) is -0.852. The van der Waals surface area contributed by atoms with Gasteiger partial charge < -0.3 is 20.4 Å². The first-order chi connectivity index (χ1) is 14.7. The first kappa shape index (κ1) is 22.7. The van der Waals surface area contributed by atoms with Crippen molar-refractivity contribution in [2.75, 3.05) is 6.61 Å². The lowest BCUT2D eigenvalue weighted by Gasteiger charge is -2.30. The minimum atomic E-state index is -0.770. The predicted octanol–water partition coefficient (Wildman–Crippen LogP) is 2.63. The molecule has 1 aromatic heterocycles. The van der Waals surface area contributed by atoms with Gasteiger partial charge in [-0.3, -0.25) is 14.4 Å². The number of hydrogen-bond acceptors (Lipinski definition) is 4. The van der Waals surface area contributed by atoms with E-state index in [1.807, 2.05) is 18.2 Å². The van der Waals surface area contributed by atoms with Crippen molar-refractivity contribution in [1.29, 1.82) is 0 Å². The zero-order chi connectivity index (χ0) is 22.4. The summed E-state index contributed by atoms with van der Waals surface area (Å²) in [4.78, 5) is 40.7. The summed E-state index contributed by atoms with van der Waals surface area (Å²) in [7, 11) is 0. The number of rotatable bonds is 9. The molecule has 3 atom stereocenters. The van der Waals surface area contributed by atoms with Crippen LogP contribution in [-0.4, -0.2) is 47.4 Å². The number of ketones is 1. The maximum Gasteiger partial charge on any atom is 0.253 e.